The fourth-order valence-corrected chi connectivity index (χ4v) is 1.24. The normalized spacial score (nSPS) is 24.8. The SMILES string of the molecule is COC1=C(F)C(F)=C(F)C(F)(F)C1C(=O)O. The van der Waals surface area contributed by atoms with Crippen molar-refractivity contribution in [2.45, 2.75) is 5.92 Å². The highest BCUT2D eigenvalue weighted by Crippen LogP contribution is 2.47. The van der Waals surface area contributed by atoms with Crippen LogP contribution in [0.4, 0.5) is 22.0 Å². The molecule has 0 aromatic heterocycles. The summed E-state index contributed by atoms with van der Waals surface area (Å²) in [4.78, 5) is 10.5. The summed E-state index contributed by atoms with van der Waals surface area (Å²) in [6.45, 7) is 0. The van der Waals surface area contributed by atoms with Crippen molar-refractivity contribution in [3.8, 4) is 0 Å². The third-order valence-corrected chi connectivity index (χ3v) is 1.99. The number of allylic oxidation sites excluding steroid dienone is 3. The zero-order chi connectivity index (χ0) is 12.7. The molecule has 0 aromatic rings. The lowest BCUT2D eigenvalue weighted by molar-refractivity contribution is -0.155. The molecule has 0 amide bonds. The zero-order valence-electron chi connectivity index (χ0n) is 7.73. The third kappa shape index (κ3) is 1.54. The number of methoxy groups -OCH3 is 1. The Balaban J connectivity index is 3.47. The first-order valence-electron chi connectivity index (χ1n) is 3.85. The van der Waals surface area contributed by atoms with Crippen molar-refractivity contribution in [3.05, 3.63) is 23.2 Å². The van der Waals surface area contributed by atoms with Crippen molar-refractivity contribution < 1.29 is 36.6 Å². The number of ether oxygens (including phenoxy) is 1. The van der Waals surface area contributed by atoms with Gasteiger partial charge in [-0.05, 0) is 0 Å². The van der Waals surface area contributed by atoms with Gasteiger partial charge in [0, 0.05) is 0 Å². The van der Waals surface area contributed by atoms with Crippen LogP contribution in [0.3, 0.4) is 0 Å². The molecule has 0 saturated heterocycles. The molecule has 0 aliphatic heterocycles. The molecule has 3 nitrogen and oxygen atoms in total. The number of hydrogen-bond donors (Lipinski definition) is 1. The average molecular weight is 244 g/mol. The van der Waals surface area contributed by atoms with Gasteiger partial charge in [-0.1, -0.05) is 0 Å². The molecular weight excluding hydrogens is 239 g/mol. The maximum atomic E-state index is 13.0. The molecule has 0 heterocycles. The van der Waals surface area contributed by atoms with E-state index in [4.69, 9.17) is 5.11 Å². The maximum absolute atomic E-state index is 13.0. The minimum atomic E-state index is -4.68. The molecule has 1 rings (SSSR count). The summed E-state index contributed by atoms with van der Waals surface area (Å²) in [6.07, 6.45) is 0. The van der Waals surface area contributed by atoms with Crippen LogP contribution in [0.1, 0.15) is 0 Å². The summed E-state index contributed by atoms with van der Waals surface area (Å²) >= 11 is 0. The Bertz CT molecular complexity index is 398. The Labute approximate surface area is 85.8 Å². The van der Waals surface area contributed by atoms with Crippen molar-refractivity contribution in [1.82, 2.24) is 0 Å². The van der Waals surface area contributed by atoms with E-state index >= 15 is 0 Å². The highest BCUT2D eigenvalue weighted by atomic mass is 19.3. The van der Waals surface area contributed by atoms with Gasteiger partial charge in [-0.15, -0.1) is 0 Å². The Kier molecular flexibility index (Phi) is 2.93. The fourth-order valence-electron chi connectivity index (χ4n) is 1.24. The van der Waals surface area contributed by atoms with Crippen molar-refractivity contribution in [2.24, 2.45) is 5.92 Å². The molecule has 0 fully saturated rings. The van der Waals surface area contributed by atoms with Crippen LogP contribution in [0.2, 0.25) is 0 Å². The van der Waals surface area contributed by atoms with Gasteiger partial charge >= 0.3 is 11.9 Å². The molecule has 0 aromatic carbocycles. The monoisotopic (exact) mass is 244 g/mol. The number of halogens is 5. The molecule has 8 heteroatoms. The predicted molar refractivity (Wildman–Crippen MR) is 40.5 cm³/mol. The van der Waals surface area contributed by atoms with Crippen LogP contribution in [0.5, 0.6) is 0 Å². The largest absolute Gasteiger partial charge is 0.497 e. The van der Waals surface area contributed by atoms with E-state index in [2.05, 4.69) is 4.74 Å². The minimum Gasteiger partial charge on any atom is -0.497 e. The molecule has 1 aliphatic rings. The van der Waals surface area contributed by atoms with Crippen LogP contribution >= 0.6 is 0 Å². The van der Waals surface area contributed by atoms with Crippen molar-refractivity contribution in [1.29, 1.82) is 0 Å². The van der Waals surface area contributed by atoms with Gasteiger partial charge in [0.2, 0.25) is 5.83 Å². The van der Waals surface area contributed by atoms with Gasteiger partial charge < -0.3 is 9.84 Å². The Morgan fingerprint density at radius 1 is 1.31 bits per heavy atom. The zero-order valence-corrected chi connectivity index (χ0v) is 7.73. The first kappa shape index (κ1) is 12.5. The van der Waals surface area contributed by atoms with E-state index in [1.807, 2.05) is 0 Å². The lowest BCUT2D eigenvalue weighted by Crippen LogP contribution is -2.40. The maximum Gasteiger partial charge on any atom is 0.322 e. The smallest absolute Gasteiger partial charge is 0.322 e. The second-order valence-electron chi connectivity index (χ2n) is 2.90. The van der Waals surface area contributed by atoms with E-state index in [9.17, 15) is 26.7 Å². The molecule has 1 unspecified atom stereocenters. The molecule has 0 radical (unpaired) electrons. The predicted octanol–water partition coefficient (Wildman–Crippen LogP) is 2.31. The van der Waals surface area contributed by atoms with Crippen LogP contribution in [0.15, 0.2) is 23.2 Å². The van der Waals surface area contributed by atoms with E-state index in [1.165, 1.54) is 0 Å². The summed E-state index contributed by atoms with van der Waals surface area (Å²) in [5.41, 5.74) is 0. The van der Waals surface area contributed by atoms with E-state index in [-0.39, 0.29) is 0 Å². The first-order valence-corrected chi connectivity index (χ1v) is 3.85. The lowest BCUT2D eigenvalue weighted by Gasteiger charge is -2.27. The van der Waals surface area contributed by atoms with E-state index in [0.29, 0.717) is 7.11 Å². The molecule has 1 N–H and O–H groups in total. The van der Waals surface area contributed by atoms with Crippen molar-refractivity contribution in [3.63, 3.8) is 0 Å². The number of rotatable bonds is 2. The van der Waals surface area contributed by atoms with Gasteiger partial charge in [0.1, 0.15) is 0 Å². The van der Waals surface area contributed by atoms with Gasteiger partial charge in [-0.2, -0.15) is 13.2 Å². The summed E-state index contributed by atoms with van der Waals surface area (Å²) in [5, 5.41) is 8.42. The first-order chi connectivity index (χ1) is 7.25. The number of carbonyl (C=O) groups is 1. The number of carboxylic acid groups (broad SMARTS) is 1. The average Bonchev–Trinajstić information content (AvgIpc) is 2.19. The summed E-state index contributed by atoms with van der Waals surface area (Å²) in [5.74, 6) is -18.5. The van der Waals surface area contributed by atoms with Crippen molar-refractivity contribution in [2.75, 3.05) is 7.11 Å². The van der Waals surface area contributed by atoms with Crippen LogP contribution in [-0.4, -0.2) is 24.1 Å². The molecule has 0 bridgehead atoms. The van der Waals surface area contributed by atoms with Crippen LogP contribution in [-0.2, 0) is 9.53 Å². The van der Waals surface area contributed by atoms with E-state index in [1.54, 1.807) is 0 Å². The number of hydrogen-bond acceptors (Lipinski definition) is 2. The van der Waals surface area contributed by atoms with E-state index < -0.39 is 41.0 Å². The van der Waals surface area contributed by atoms with Gasteiger partial charge in [0.05, 0.1) is 7.11 Å². The van der Waals surface area contributed by atoms with Gasteiger partial charge in [0.15, 0.2) is 23.3 Å². The molecular formula is C8H5F5O3. The van der Waals surface area contributed by atoms with Crippen LogP contribution in [0.25, 0.3) is 0 Å². The molecule has 1 atom stereocenters. The summed E-state index contributed by atoms with van der Waals surface area (Å²) in [7, 11) is 0.678. The fraction of sp³-hybridized carbons (Fsp3) is 0.375. The third-order valence-electron chi connectivity index (χ3n) is 1.99. The summed E-state index contributed by atoms with van der Waals surface area (Å²) < 4.78 is 68.4. The molecule has 16 heavy (non-hydrogen) atoms. The highest BCUT2D eigenvalue weighted by Gasteiger charge is 2.58. The Morgan fingerprint density at radius 2 is 1.81 bits per heavy atom. The quantitative estimate of drug-likeness (QED) is 0.758. The second kappa shape index (κ2) is 3.76. The number of aliphatic carboxylic acids is 1. The molecule has 0 saturated carbocycles. The number of carboxylic acids is 1. The molecule has 0 spiro atoms. The van der Waals surface area contributed by atoms with E-state index in [0.717, 1.165) is 0 Å². The number of alkyl halides is 2. The standard InChI is InChI=1S/C8H5F5O3/c1-16-5-2(7(14)15)8(12,13)6(11)4(10)3(5)9/h2H,1H3,(H,14,15). The Morgan fingerprint density at radius 3 is 2.19 bits per heavy atom. The topological polar surface area (TPSA) is 46.5 Å². The molecule has 1 aliphatic carbocycles. The minimum absolute atomic E-state index is 0.678. The van der Waals surface area contributed by atoms with Crippen LogP contribution < -0.4 is 0 Å². The lowest BCUT2D eigenvalue weighted by atomic mass is 9.92. The van der Waals surface area contributed by atoms with Gasteiger partial charge in [-0.3, -0.25) is 4.79 Å². The summed E-state index contributed by atoms with van der Waals surface area (Å²) in [6, 6.07) is 0. The molecule has 90 valence electrons. The van der Waals surface area contributed by atoms with Gasteiger partial charge in [-0.25, -0.2) is 8.78 Å². The van der Waals surface area contributed by atoms with Crippen molar-refractivity contribution >= 4 is 5.97 Å². The second-order valence-corrected chi connectivity index (χ2v) is 2.90. The Hall–Kier alpha value is -1.60. The van der Waals surface area contributed by atoms with Crippen LogP contribution in [0, 0.1) is 5.92 Å². The van der Waals surface area contributed by atoms with Gasteiger partial charge in [0.25, 0.3) is 0 Å². The highest BCUT2D eigenvalue weighted by molar-refractivity contribution is 5.76.